The Morgan fingerprint density at radius 2 is 1.72 bits per heavy atom. The highest BCUT2D eigenvalue weighted by atomic mass is 32.2. The first-order valence-electron chi connectivity index (χ1n) is 6.37. The van der Waals surface area contributed by atoms with Crippen LogP contribution in [0.2, 0.25) is 0 Å². The van der Waals surface area contributed by atoms with Crippen molar-refractivity contribution < 1.29 is 0 Å². The molecule has 0 fully saturated rings. The van der Waals surface area contributed by atoms with Gasteiger partial charge in [0, 0.05) is 5.25 Å². The van der Waals surface area contributed by atoms with E-state index in [9.17, 15) is 0 Å². The van der Waals surface area contributed by atoms with Crippen LogP contribution in [0, 0.1) is 0 Å². The predicted octanol–water partition coefficient (Wildman–Crippen LogP) is 4.28. The van der Waals surface area contributed by atoms with E-state index in [1.807, 2.05) is 38.7 Å². The SMILES string of the molecule is C=C(C)/C=C\C(C)=C/C.CNNC(C)SC(C)C. The van der Waals surface area contributed by atoms with Crippen LogP contribution in [-0.4, -0.2) is 17.7 Å². The second-order valence-electron chi connectivity index (χ2n) is 4.43. The highest BCUT2D eigenvalue weighted by molar-refractivity contribution is 8.00. The fourth-order valence-electron chi connectivity index (χ4n) is 1.02. The second kappa shape index (κ2) is 12.9. The van der Waals surface area contributed by atoms with Gasteiger partial charge in [-0.1, -0.05) is 49.8 Å². The van der Waals surface area contributed by atoms with Gasteiger partial charge in [0.2, 0.25) is 0 Å². The minimum absolute atomic E-state index is 0.495. The summed E-state index contributed by atoms with van der Waals surface area (Å²) in [6.07, 6.45) is 6.14. The molecule has 2 nitrogen and oxygen atoms in total. The molecule has 0 aliphatic rings. The third-order valence-corrected chi connectivity index (χ3v) is 2.98. The largest absolute Gasteiger partial charge is 0.260 e. The van der Waals surface area contributed by atoms with E-state index >= 15 is 0 Å². The first-order chi connectivity index (χ1) is 8.33. The van der Waals surface area contributed by atoms with Crippen LogP contribution in [-0.2, 0) is 0 Å². The number of hydrogen-bond donors (Lipinski definition) is 2. The van der Waals surface area contributed by atoms with Crippen molar-refractivity contribution in [1.29, 1.82) is 0 Å². The summed E-state index contributed by atoms with van der Waals surface area (Å²) in [6, 6.07) is 0. The minimum Gasteiger partial charge on any atom is -0.260 e. The molecule has 1 atom stereocenters. The fraction of sp³-hybridized carbons (Fsp3) is 0.600. The third-order valence-electron chi connectivity index (χ3n) is 1.91. The van der Waals surface area contributed by atoms with Gasteiger partial charge >= 0.3 is 0 Å². The van der Waals surface area contributed by atoms with E-state index in [0.29, 0.717) is 10.6 Å². The predicted molar refractivity (Wildman–Crippen MR) is 87.8 cm³/mol. The van der Waals surface area contributed by atoms with Gasteiger partial charge < -0.3 is 0 Å². The number of hydrazine groups is 1. The molecule has 0 amide bonds. The lowest BCUT2D eigenvalue weighted by molar-refractivity contribution is 0.592. The van der Waals surface area contributed by atoms with Crippen molar-refractivity contribution in [1.82, 2.24) is 10.9 Å². The maximum atomic E-state index is 3.75. The summed E-state index contributed by atoms with van der Waals surface area (Å²) in [5.41, 5.74) is 8.36. The number of allylic oxidation sites excluding steroid dienone is 5. The Labute approximate surface area is 118 Å². The Balaban J connectivity index is 0. The van der Waals surface area contributed by atoms with Gasteiger partial charge in [-0.15, -0.1) is 11.8 Å². The third kappa shape index (κ3) is 17.9. The summed E-state index contributed by atoms with van der Waals surface area (Å²) in [4.78, 5) is 0. The molecule has 0 bridgehead atoms. The normalized spacial score (nSPS) is 13.4. The molecule has 18 heavy (non-hydrogen) atoms. The number of nitrogens with one attached hydrogen (secondary N) is 2. The van der Waals surface area contributed by atoms with E-state index in [0.717, 1.165) is 5.57 Å². The van der Waals surface area contributed by atoms with Crippen molar-refractivity contribution in [3.05, 3.63) is 36.0 Å². The summed E-state index contributed by atoms with van der Waals surface area (Å²) >= 11 is 1.91. The molecule has 0 spiro atoms. The van der Waals surface area contributed by atoms with E-state index in [1.54, 1.807) is 0 Å². The molecule has 0 saturated carbocycles. The summed E-state index contributed by atoms with van der Waals surface area (Å²) in [5, 5.41) is 1.19. The molecule has 0 heterocycles. The summed E-state index contributed by atoms with van der Waals surface area (Å²) in [6.45, 7) is 16.4. The van der Waals surface area contributed by atoms with Gasteiger partial charge in [-0.05, 0) is 34.7 Å². The average molecular weight is 270 g/mol. The van der Waals surface area contributed by atoms with Crippen LogP contribution in [0.25, 0.3) is 0 Å². The van der Waals surface area contributed by atoms with Gasteiger partial charge in [-0.2, -0.15) is 0 Å². The van der Waals surface area contributed by atoms with Crippen molar-refractivity contribution in [3.63, 3.8) is 0 Å². The number of rotatable bonds is 6. The van der Waals surface area contributed by atoms with Crippen LogP contribution in [0.4, 0.5) is 0 Å². The van der Waals surface area contributed by atoms with Gasteiger partial charge in [0.15, 0.2) is 0 Å². The van der Waals surface area contributed by atoms with E-state index in [-0.39, 0.29) is 0 Å². The monoisotopic (exact) mass is 270 g/mol. The molecule has 2 N–H and O–H groups in total. The van der Waals surface area contributed by atoms with Crippen molar-refractivity contribution >= 4 is 11.8 Å². The molecule has 0 rings (SSSR count). The van der Waals surface area contributed by atoms with Gasteiger partial charge in [-0.25, -0.2) is 5.43 Å². The maximum absolute atomic E-state index is 3.75. The van der Waals surface area contributed by atoms with Gasteiger partial charge in [0.1, 0.15) is 0 Å². The second-order valence-corrected chi connectivity index (χ2v) is 6.36. The average Bonchev–Trinajstić information content (AvgIpc) is 2.26. The van der Waals surface area contributed by atoms with Crippen molar-refractivity contribution in [2.45, 2.75) is 52.2 Å². The topological polar surface area (TPSA) is 24.1 Å². The zero-order valence-corrected chi connectivity index (χ0v) is 13.8. The number of hydrogen-bond acceptors (Lipinski definition) is 3. The Kier molecular flexibility index (Phi) is 14.2. The summed E-state index contributed by atoms with van der Waals surface area (Å²) < 4.78 is 0. The zero-order valence-electron chi connectivity index (χ0n) is 13.0. The van der Waals surface area contributed by atoms with Crippen LogP contribution < -0.4 is 10.9 Å². The summed E-state index contributed by atoms with van der Waals surface area (Å²) in [7, 11) is 1.89. The molecule has 0 aromatic carbocycles. The van der Waals surface area contributed by atoms with Crippen molar-refractivity contribution in [3.8, 4) is 0 Å². The van der Waals surface area contributed by atoms with E-state index in [4.69, 9.17) is 0 Å². The Bertz CT molecular complexity index is 268. The molecule has 0 radical (unpaired) electrons. The molecule has 0 aliphatic carbocycles. The fourth-order valence-corrected chi connectivity index (χ4v) is 2.02. The molecule has 106 valence electrons. The minimum atomic E-state index is 0.495. The Hall–Kier alpha value is -0.510. The molecule has 1 unspecified atom stereocenters. The molecular weight excluding hydrogens is 240 g/mol. The van der Waals surface area contributed by atoms with Crippen LogP contribution >= 0.6 is 11.8 Å². The van der Waals surface area contributed by atoms with Crippen LogP contribution in [0.3, 0.4) is 0 Å². The van der Waals surface area contributed by atoms with Crippen molar-refractivity contribution in [2.75, 3.05) is 7.05 Å². The molecule has 0 saturated heterocycles. The van der Waals surface area contributed by atoms with Crippen molar-refractivity contribution in [2.24, 2.45) is 0 Å². The molecule has 0 aliphatic heterocycles. The van der Waals surface area contributed by atoms with E-state index in [1.165, 1.54) is 5.57 Å². The first kappa shape index (κ1) is 19.8. The molecule has 0 aromatic heterocycles. The van der Waals surface area contributed by atoms with Crippen LogP contribution in [0.5, 0.6) is 0 Å². The van der Waals surface area contributed by atoms with Crippen LogP contribution in [0.15, 0.2) is 36.0 Å². The molecule has 3 heteroatoms. The first-order valence-corrected chi connectivity index (χ1v) is 7.32. The lowest BCUT2D eigenvalue weighted by Gasteiger charge is -2.13. The summed E-state index contributed by atoms with van der Waals surface area (Å²) in [5.74, 6) is 0. The maximum Gasteiger partial charge on any atom is 0.0640 e. The van der Waals surface area contributed by atoms with Gasteiger partial charge in [-0.3, -0.25) is 5.43 Å². The standard InChI is InChI=1S/C9H14.C6H16N2S/c1-5-9(4)7-6-8(2)3;1-5(2)9-6(3)8-7-4/h5-7H,2H2,1,3-4H3;5-8H,1-4H3/b7-6-,9-5-;. The molecular formula is C15H30N2S. The van der Waals surface area contributed by atoms with E-state index < -0.39 is 0 Å². The van der Waals surface area contributed by atoms with Gasteiger partial charge in [0.05, 0.1) is 5.37 Å². The van der Waals surface area contributed by atoms with Gasteiger partial charge in [0.25, 0.3) is 0 Å². The molecule has 0 aromatic rings. The lowest BCUT2D eigenvalue weighted by Crippen LogP contribution is -2.34. The number of thioether (sulfide) groups is 1. The van der Waals surface area contributed by atoms with E-state index in [2.05, 4.69) is 57.3 Å². The van der Waals surface area contributed by atoms with Crippen LogP contribution in [0.1, 0.15) is 41.5 Å². The Morgan fingerprint density at radius 1 is 1.17 bits per heavy atom. The highest BCUT2D eigenvalue weighted by Gasteiger charge is 2.01. The lowest BCUT2D eigenvalue weighted by atomic mass is 10.2. The quantitative estimate of drug-likeness (QED) is 0.428. The zero-order chi connectivity index (χ0) is 14.6. The highest BCUT2D eigenvalue weighted by Crippen LogP contribution is 2.12. The Morgan fingerprint density at radius 3 is 2.06 bits per heavy atom. The smallest absolute Gasteiger partial charge is 0.0640 e.